The van der Waals surface area contributed by atoms with E-state index in [9.17, 15) is 18.2 Å². The third-order valence-electron chi connectivity index (χ3n) is 2.18. The van der Waals surface area contributed by atoms with Gasteiger partial charge in [-0.05, 0) is 13.8 Å². The number of hydrogen-bond acceptors (Lipinski definition) is 7. The van der Waals surface area contributed by atoms with Gasteiger partial charge in [0.25, 0.3) is 0 Å². The molecule has 0 bridgehead atoms. The summed E-state index contributed by atoms with van der Waals surface area (Å²) in [4.78, 5) is 21.3. The van der Waals surface area contributed by atoms with Gasteiger partial charge in [0.2, 0.25) is 10.0 Å². The van der Waals surface area contributed by atoms with Gasteiger partial charge < -0.3 is 20.0 Å². The molecule has 3 N–H and O–H groups in total. The Labute approximate surface area is 155 Å². The molecule has 8 nitrogen and oxygen atoms in total. The van der Waals surface area contributed by atoms with E-state index in [0.29, 0.717) is 0 Å². The summed E-state index contributed by atoms with van der Waals surface area (Å²) in [7, 11) is -3.58. The van der Waals surface area contributed by atoms with Gasteiger partial charge >= 0.3 is 37.7 Å². The molecule has 0 aromatic heterocycles. The molecule has 0 aliphatic rings. The number of amidine groups is 1. The van der Waals surface area contributed by atoms with Crippen molar-refractivity contribution in [2.45, 2.75) is 25.5 Å². The summed E-state index contributed by atoms with van der Waals surface area (Å²) in [6, 6.07) is 0. The van der Waals surface area contributed by atoms with Gasteiger partial charge in [0.15, 0.2) is 0 Å². The van der Waals surface area contributed by atoms with E-state index in [1.54, 1.807) is 0 Å². The van der Waals surface area contributed by atoms with Crippen LogP contribution in [0.5, 0.6) is 0 Å². The second-order valence-corrected chi connectivity index (χ2v) is 9.03. The molecular formula is C8H18Li2N3O5PS2. The maximum atomic E-state index is 12.0. The Balaban J connectivity index is -0.00000162. The fourth-order valence-electron chi connectivity index (χ4n) is 1.16. The fraction of sp³-hybridized carbons (Fsp3) is 0.875. The summed E-state index contributed by atoms with van der Waals surface area (Å²) in [5.74, 6) is -0.150. The summed E-state index contributed by atoms with van der Waals surface area (Å²) in [6.07, 6.45) is 0.0643. The molecule has 0 aromatic rings. The Hall–Kier alpha value is 1.10. The van der Waals surface area contributed by atoms with Crippen LogP contribution >= 0.6 is 6.72 Å². The number of sulfonamides is 1. The first-order chi connectivity index (χ1) is 8.47. The molecule has 0 radical (unpaired) electrons. The van der Waals surface area contributed by atoms with Crippen LogP contribution in [-0.4, -0.2) is 43.5 Å². The summed E-state index contributed by atoms with van der Waals surface area (Å²) in [5, 5.41) is 6.42. The fourth-order valence-corrected chi connectivity index (χ4v) is 2.96. The normalized spacial score (nSPS) is 11.9. The maximum absolute atomic E-state index is 12.0. The van der Waals surface area contributed by atoms with Crippen molar-refractivity contribution in [3.63, 3.8) is 0 Å². The van der Waals surface area contributed by atoms with Crippen LogP contribution in [0, 0.1) is 5.41 Å². The van der Waals surface area contributed by atoms with E-state index in [0.717, 1.165) is 4.31 Å². The number of hydrogen-bond donors (Lipinski definition) is 2. The molecule has 0 unspecified atom stereocenters. The first-order valence-corrected chi connectivity index (χ1v) is 9.51. The van der Waals surface area contributed by atoms with E-state index in [-0.39, 0.29) is 69.7 Å². The molecule has 0 aliphatic carbocycles. The molecule has 0 saturated heterocycles. The third kappa shape index (κ3) is 12.2. The van der Waals surface area contributed by atoms with Crippen LogP contribution in [0.2, 0.25) is 0 Å². The minimum atomic E-state index is -4.29. The van der Waals surface area contributed by atoms with E-state index in [4.69, 9.17) is 11.1 Å². The van der Waals surface area contributed by atoms with Crippen LogP contribution in [-0.2, 0) is 26.4 Å². The summed E-state index contributed by atoms with van der Waals surface area (Å²) in [5.41, 5.74) is 5.18. The molecule has 0 amide bonds. The van der Waals surface area contributed by atoms with E-state index in [1.165, 1.54) is 13.8 Å². The van der Waals surface area contributed by atoms with Gasteiger partial charge in [0, 0.05) is 19.5 Å². The molecule has 13 heteroatoms. The first kappa shape index (κ1) is 27.0. The minimum Gasteiger partial charge on any atom is -0.812 e. The molecule has 0 atom stereocenters. The van der Waals surface area contributed by atoms with Crippen LogP contribution < -0.4 is 53.2 Å². The number of nitrogens with two attached hydrogens (primary N) is 1. The zero-order chi connectivity index (χ0) is 15.3. The molecule has 0 spiro atoms. The molecular weight excluding hydrogens is 327 g/mol. The Morgan fingerprint density at radius 2 is 1.86 bits per heavy atom. The zero-order valence-corrected chi connectivity index (χ0v) is 15.3. The van der Waals surface area contributed by atoms with Crippen LogP contribution in [0.4, 0.5) is 0 Å². The van der Waals surface area contributed by atoms with Crippen LogP contribution in [0.3, 0.4) is 0 Å². The molecule has 114 valence electrons. The smallest absolute Gasteiger partial charge is 0.812 e. The van der Waals surface area contributed by atoms with Gasteiger partial charge in [-0.1, -0.05) is 6.72 Å². The van der Waals surface area contributed by atoms with Crippen molar-refractivity contribution < 1.29 is 60.4 Å². The quantitative estimate of drug-likeness (QED) is 0.183. The van der Waals surface area contributed by atoms with E-state index in [2.05, 4.69) is 16.3 Å². The Morgan fingerprint density at radius 1 is 1.38 bits per heavy atom. The Bertz CT molecular complexity index is 457. The Morgan fingerprint density at radius 3 is 2.19 bits per heavy atom. The van der Waals surface area contributed by atoms with Gasteiger partial charge in [-0.3, -0.25) is 5.41 Å². The average molecular weight is 345 g/mol. The second kappa shape index (κ2) is 11.6. The van der Waals surface area contributed by atoms with Gasteiger partial charge in [-0.2, -0.15) is 4.31 Å². The summed E-state index contributed by atoms with van der Waals surface area (Å²) in [6.45, 7) is -1.80. The van der Waals surface area contributed by atoms with Crippen LogP contribution in [0.15, 0.2) is 0 Å². The number of nitrogens with one attached hydrogen (secondary N) is 1. The van der Waals surface area contributed by atoms with Crippen molar-refractivity contribution >= 4 is 34.4 Å². The molecule has 21 heavy (non-hydrogen) atoms. The predicted octanol–water partition coefficient (Wildman–Crippen LogP) is -7.68. The second-order valence-electron chi connectivity index (χ2n) is 4.05. The van der Waals surface area contributed by atoms with E-state index >= 15 is 0 Å². The predicted molar refractivity (Wildman–Crippen MR) is 72.4 cm³/mol. The van der Waals surface area contributed by atoms with Crippen molar-refractivity contribution in [2.75, 3.05) is 19.7 Å². The topological polar surface area (TPSA) is 143 Å². The average Bonchev–Trinajstić information content (AvgIpc) is 2.20. The van der Waals surface area contributed by atoms with Gasteiger partial charge in [0.1, 0.15) is 0 Å². The van der Waals surface area contributed by atoms with E-state index in [1.807, 2.05) is 0 Å². The van der Waals surface area contributed by atoms with Crippen molar-refractivity contribution in [1.82, 2.24) is 4.31 Å². The largest absolute Gasteiger partial charge is 1.00 e. The van der Waals surface area contributed by atoms with Crippen molar-refractivity contribution in [1.29, 1.82) is 5.41 Å². The standard InChI is InChI=1S/C8H20N3O5PS2.2Li/c1-7(2)19(14,15)11(4-3-8(9)10)5-6-16-17(12,13)18;;/h7H,3-6H2,1-2H3,(H3,9,10)(H2,12,13,18);;/q;2*+1/p-2. The third-order valence-corrected chi connectivity index (χ3v) is 5.27. The molecule has 0 saturated carbocycles. The first-order valence-electron chi connectivity index (χ1n) is 5.45. The van der Waals surface area contributed by atoms with Crippen molar-refractivity contribution in [3.8, 4) is 0 Å². The Kier molecular flexibility index (Phi) is 14.9. The van der Waals surface area contributed by atoms with Gasteiger partial charge in [0.05, 0.1) is 17.7 Å². The van der Waals surface area contributed by atoms with Crippen molar-refractivity contribution in [2.24, 2.45) is 5.73 Å². The van der Waals surface area contributed by atoms with E-state index < -0.39 is 22.0 Å². The van der Waals surface area contributed by atoms with Crippen molar-refractivity contribution in [3.05, 3.63) is 0 Å². The molecule has 0 fully saturated rings. The molecule has 0 aliphatic heterocycles. The molecule has 0 aromatic carbocycles. The SMILES string of the molecule is CC(C)S(=O)(=O)N(CCOP([O-])([O-])=S)CCC(=N)N.[Li+].[Li+]. The zero-order valence-electron chi connectivity index (χ0n) is 12.7. The van der Waals surface area contributed by atoms with Crippen LogP contribution in [0.1, 0.15) is 20.3 Å². The molecule has 0 heterocycles. The van der Waals surface area contributed by atoms with Gasteiger partial charge in [-0.15, -0.1) is 11.8 Å². The molecule has 0 rings (SSSR count). The summed E-state index contributed by atoms with van der Waals surface area (Å²) >= 11 is 4.04. The maximum Gasteiger partial charge on any atom is 1.00 e. The summed E-state index contributed by atoms with van der Waals surface area (Å²) < 4.78 is 29.4. The minimum absolute atomic E-state index is 0. The van der Waals surface area contributed by atoms with Gasteiger partial charge in [-0.25, -0.2) is 8.42 Å². The number of rotatable bonds is 9. The van der Waals surface area contributed by atoms with Crippen LogP contribution in [0.25, 0.3) is 0 Å². The monoisotopic (exact) mass is 345 g/mol. The number of nitrogens with zero attached hydrogens (tertiary/aromatic N) is 1.